The molecule has 0 radical (unpaired) electrons. The Morgan fingerprint density at radius 2 is 0.714 bits per heavy atom. The molecule has 38 valence electrons. The average Bonchev–Trinajstić information content (AvgIpc) is 1.00. The third-order valence-electron chi connectivity index (χ3n) is 0. The van der Waals surface area contributed by atoms with E-state index in [9.17, 15) is 0 Å². The molecule has 0 aromatic carbocycles. The maximum atomic E-state index is 4.11. The van der Waals surface area contributed by atoms with Crippen LogP contribution in [0.3, 0.4) is 0 Å². The van der Waals surface area contributed by atoms with Crippen molar-refractivity contribution in [2.75, 3.05) is 0 Å². The van der Waals surface area contributed by atoms with Crippen LogP contribution in [0, 0.1) is 0 Å². The van der Waals surface area contributed by atoms with Gasteiger partial charge in [0, 0.05) is 21.7 Å². The quantitative estimate of drug-likeness (QED) is 0.369. The fourth-order valence-corrected chi connectivity index (χ4v) is 0. The molecule has 0 bridgehead atoms. The number of rotatable bonds is 0. The van der Waals surface area contributed by atoms with E-state index < -0.39 is 0 Å². The van der Waals surface area contributed by atoms with Gasteiger partial charge in [-0.1, -0.05) is 0 Å². The Hall–Kier alpha value is 3.71. The van der Waals surface area contributed by atoms with Crippen LogP contribution in [-0.2, 0) is 0 Å². The molecular formula is CaCl5Na. The first kappa shape index (κ1) is 45.5. The second-order valence-corrected chi connectivity index (χ2v) is 0. The van der Waals surface area contributed by atoms with Gasteiger partial charge in [0.25, 0.3) is 0 Å². The summed E-state index contributed by atoms with van der Waals surface area (Å²) in [6, 6.07) is 0. The maximum absolute atomic E-state index is 4.11. The molecule has 0 aromatic rings. The van der Waals surface area contributed by atoms with E-state index in [4.69, 9.17) is 0 Å². The predicted molar refractivity (Wildman–Crippen MR) is 17.5 cm³/mol. The van der Waals surface area contributed by atoms with Gasteiger partial charge in [-0.2, -0.15) is 0 Å². The Morgan fingerprint density at radius 3 is 0.714 bits per heavy atom. The van der Waals surface area contributed by atoms with Gasteiger partial charge >= 0.3 is 67.3 Å². The van der Waals surface area contributed by atoms with Crippen LogP contribution < -0.4 is 66.8 Å². The SMILES string of the molecule is ClCl.[Ca+2].[Cl-].[Cl-].[Cl-].[Na+]. The first-order valence-electron chi connectivity index (χ1n) is 0.143. The zero-order valence-electron chi connectivity index (χ0n) is 3.60. The molecule has 0 aliphatic carbocycles. The van der Waals surface area contributed by atoms with E-state index in [0.717, 1.165) is 0 Å². The van der Waals surface area contributed by atoms with Crippen molar-refractivity contribution < 1.29 is 66.8 Å². The molecule has 0 aliphatic heterocycles. The summed E-state index contributed by atoms with van der Waals surface area (Å²) < 4.78 is 0. The summed E-state index contributed by atoms with van der Waals surface area (Å²) in [5, 5.41) is 0. The molecule has 7 heavy (non-hydrogen) atoms. The molecule has 0 amide bonds. The van der Waals surface area contributed by atoms with Crippen LogP contribution in [0.25, 0.3) is 0 Å². The maximum Gasteiger partial charge on any atom is 2.00 e. The third kappa shape index (κ3) is 41.9. The van der Waals surface area contributed by atoms with E-state index in [1.54, 1.807) is 0 Å². The Balaban J connectivity index is -0.000000000500. The number of hydrogen-bond donors (Lipinski definition) is 0. The predicted octanol–water partition coefficient (Wildman–Crippen LogP) is -11.0. The molecule has 0 fully saturated rings. The summed E-state index contributed by atoms with van der Waals surface area (Å²) in [6.45, 7) is 0. The molecule has 0 unspecified atom stereocenters. The van der Waals surface area contributed by atoms with Crippen molar-refractivity contribution in [2.24, 2.45) is 0 Å². The summed E-state index contributed by atoms with van der Waals surface area (Å²) >= 11 is 0. The fourth-order valence-electron chi connectivity index (χ4n) is 0. The smallest absolute Gasteiger partial charge is 1.00 e. The first-order valence-corrected chi connectivity index (χ1v) is 1.29. The molecule has 0 rings (SSSR count). The summed E-state index contributed by atoms with van der Waals surface area (Å²) in [6.07, 6.45) is 0. The van der Waals surface area contributed by atoms with Gasteiger partial charge in [-0.25, -0.2) is 0 Å². The molecule has 0 aromatic heterocycles. The summed E-state index contributed by atoms with van der Waals surface area (Å²) in [5.41, 5.74) is 0. The molecule has 0 aliphatic rings. The van der Waals surface area contributed by atoms with Gasteiger partial charge in [0.1, 0.15) is 0 Å². The Bertz CT molecular complexity index is 8.04. The molecule has 0 nitrogen and oxygen atoms in total. The normalized spacial score (nSPS) is 0.857. The van der Waals surface area contributed by atoms with Crippen molar-refractivity contribution in [1.29, 1.82) is 0 Å². The van der Waals surface area contributed by atoms with Crippen LogP contribution >= 0.6 is 21.7 Å². The van der Waals surface area contributed by atoms with E-state index in [1.807, 2.05) is 0 Å². The van der Waals surface area contributed by atoms with Gasteiger partial charge in [-0.05, 0) is 0 Å². The largest absolute Gasteiger partial charge is 2.00 e. The van der Waals surface area contributed by atoms with Gasteiger partial charge in [0.2, 0.25) is 0 Å². The number of hydrogen-bond acceptors (Lipinski definition) is 0. The zero-order chi connectivity index (χ0) is 2.00. The van der Waals surface area contributed by atoms with E-state index >= 15 is 0 Å². The van der Waals surface area contributed by atoms with E-state index in [2.05, 4.69) is 21.7 Å². The second kappa shape index (κ2) is 53.5. The molecule has 7 heteroatoms. The van der Waals surface area contributed by atoms with E-state index in [1.165, 1.54) is 0 Å². The third-order valence-corrected chi connectivity index (χ3v) is 0. The summed E-state index contributed by atoms with van der Waals surface area (Å²) in [7, 11) is 8.22. The second-order valence-electron chi connectivity index (χ2n) is 0. The molecule has 0 atom stereocenters. The van der Waals surface area contributed by atoms with Crippen molar-refractivity contribution in [3.8, 4) is 0 Å². The molecular weight excluding hydrogens is 240 g/mol. The number of halogens is 5. The van der Waals surface area contributed by atoms with Crippen molar-refractivity contribution in [3.63, 3.8) is 0 Å². The minimum Gasteiger partial charge on any atom is -1.00 e. The standard InChI is InChI=1S/Ca.Cl2.3ClH.Na/c;1-2;;;;/h;;3*1H;/q+2;;;;;+1/p-3. The molecule has 0 spiro atoms. The van der Waals surface area contributed by atoms with Crippen molar-refractivity contribution in [3.05, 3.63) is 0 Å². The van der Waals surface area contributed by atoms with Gasteiger partial charge in [0.05, 0.1) is 0 Å². The fraction of sp³-hybridized carbons (Fsp3) is 0. The van der Waals surface area contributed by atoms with Crippen LogP contribution in [0.1, 0.15) is 0 Å². The minimum absolute atomic E-state index is 0. The molecule has 0 saturated carbocycles. The van der Waals surface area contributed by atoms with E-state index in [-0.39, 0.29) is 105 Å². The average molecular weight is 240 g/mol. The van der Waals surface area contributed by atoms with Crippen LogP contribution in [0.4, 0.5) is 0 Å². The Kier molecular flexibility index (Phi) is 348. The molecule has 0 saturated heterocycles. The van der Waals surface area contributed by atoms with Gasteiger partial charge < -0.3 is 37.2 Å². The van der Waals surface area contributed by atoms with Crippen molar-refractivity contribution in [1.82, 2.24) is 0 Å². The van der Waals surface area contributed by atoms with Crippen LogP contribution in [-0.4, -0.2) is 37.7 Å². The van der Waals surface area contributed by atoms with Gasteiger partial charge in [-0.3, -0.25) is 0 Å². The monoisotopic (exact) mass is 238 g/mol. The summed E-state index contributed by atoms with van der Waals surface area (Å²) in [5.74, 6) is 0. The summed E-state index contributed by atoms with van der Waals surface area (Å²) in [4.78, 5) is 0. The first-order chi connectivity index (χ1) is 1.00. The van der Waals surface area contributed by atoms with Crippen molar-refractivity contribution in [2.45, 2.75) is 0 Å². The van der Waals surface area contributed by atoms with Gasteiger partial charge in [-0.15, -0.1) is 0 Å². The van der Waals surface area contributed by atoms with Crippen LogP contribution in [0.5, 0.6) is 0 Å². The van der Waals surface area contributed by atoms with Crippen molar-refractivity contribution >= 4 is 59.4 Å². The minimum atomic E-state index is 0. The topological polar surface area (TPSA) is 0 Å². The van der Waals surface area contributed by atoms with Crippen LogP contribution in [0.2, 0.25) is 0 Å². The van der Waals surface area contributed by atoms with Gasteiger partial charge in [0.15, 0.2) is 0 Å². The Labute approximate surface area is 124 Å². The molecule has 0 N–H and O–H groups in total. The molecule has 0 heterocycles. The zero-order valence-corrected chi connectivity index (χ0v) is 11.6. The Morgan fingerprint density at radius 1 is 0.714 bits per heavy atom. The van der Waals surface area contributed by atoms with E-state index in [0.29, 0.717) is 0 Å². The van der Waals surface area contributed by atoms with Crippen LogP contribution in [0.15, 0.2) is 0 Å².